The van der Waals surface area contributed by atoms with Gasteiger partial charge in [-0.2, -0.15) is 0 Å². The van der Waals surface area contributed by atoms with Crippen LogP contribution in [0.4, 0.5) is 0 Å². The van der Waals surface area contributed by atoms with E-state index in [9.17, 15) is 53.1 Å². The van der Waals surface area contributed by atoms with Crippen molar-refractivity contribution < 1.29 is 58.2 Å². The first kappa shape index (κ1) is 48.2. The Morgan fingerprint density at radius 3 is 2.08 bits per heavy atom. The molecule has 0 aliphatic carbocycles. The Morgan fingerprint density at radius 2 is 1.47 bits per heavy atom. The van der Waals surface area contributed by atoms with Gasteiger partial charge in [0.15, 0.2) is 5.96 Å². The van der Waals surface area contributed by atoms with E-state index >= 15 is 0 Å². The van der Waals surface area contributed by atoms with Crippen LogP contribution in [-0.4, -0.2) is 166 Å². The van der Waals surface area contributed by atoms with Crippen LogP contribution < -0.4 is 60.2 Å². The number of aliphatic hydroxyl groups is 1. The number of carbonyl (C=O) groups excluding carboxylic acids is 9. The molecule has 0 saturated carbocycles. The van der Waals surface area contributed by atoms with Crippen LogP contribution in [0.5, 0.6) is 0 Å². The van der Waals surface area contributed by atoms with Gasteiger partial charge in [0, 0.05) is 31.4 Å². The van der Waals surface area contributed by atoms with Crippen molar-refractivity contribution in [2.45, 2.75) is 68.7 Å². The number of nitrogens with two attached hydrogens (primary N) is 4. The minimum Gasteiger partial charge on any atom is -0.480 e. The first-order valence-corrected chi connectivity index (χ1v) is 18.1. The fraction of sp³-hybridized carbons (Fsp3) is 0.562. The fourth-order valence-corrected chi connectivity index (χ4v) is 5.50. The van der Waals surface area contributed by atoms with E-state index in [1.54, 1.807) is 0 Å². The van der Waals surface area contributed by atoms with E-state index in [2.05, 4.69) is 46.9 Å². The average Bonchev–Trinajstić information content (AvgIpc) is 3.90. The largest absolute Gasteiger partial charge is 0.480 e. The third-order valence-electron chi connectivity index (χ3n) is 8.40. The van der Waals surface area contributed by atoms with Crippen LogP contribution in [0.25, 0.3) is 0 Å². The molecule has 0 aromatic carbocycles. The molecule has 1 aromatic heterocycles. The molecule has 0 radical (unpaired) electrons. The van der Waals surface area contributed by atoms with E-state index in [0.717, 1.165) is 0 Å². The van der Waals surface area contributed by atoms with Crippen molar-refractivity contribution >= 4 is 65.1 Å². The maximum atomic E-state index is 13.7. The lowest BCUT2D eigenvalue weighted by molar-refractivity contribution is -0.140. The highest BCUT2D eigenvalue weighted by molar-refractivity contribution is 5.98. The molecule has 1 aliphatic heterocycles. The first-order valence-electron chi connectivity index (χ1n) is 18.1. The van der Waals surface area contributed by atoms with Crippen LogP contribution in [0.1, 0.15) is 37.8 Å². The third-order valence-corrected chi connectivity index (χ3v) is 8.40. The number of aromatic nitrogens is 2. The number of aliphatic carboxylic acids is 1. The predicted molar refractivity (Wildman–Crippen MR) is 201 cm³/mol. The summed E-state index contributed by atoms with van der Waals surface area (Å²) in [4.78, 5) is 137. The van der Waals surface area contributed by atoms with E-state index in [0.29, 0.717) is 12.1 Å². The number of hydrogen-bond acceptors (Lipinski definition) is 14. The lowest BCUT2D eigenvalue weighted by atomic mass is 10.1. The maximum Gasteiger partial charge on any atom is 0.322 e. The summed E-state index contributed by atoms with van der Waals surface area (Å²) >= 11 is 0. The highest BCUT2D eigenvalue weighted by atomic mass is 16.4. The van der Waals surface area contributed by atoms with Gasteiger partial charge in [0.2, 0.25) is 53.2 Å². The number of carbonyl (C=O) groups is 10. The number of H-pyrrole nitrogens is 1. The molecule has 1 aromatic rings. The molecule has 59 heavy (non-hydrogen) atoms. The number of rotatable bonds is 25. The molecule has 2 heterocycles. The van der Waals surface area contributed by atoms with Crippen LogP contribution >= 0.6 is 0 Å². The minimum atomic E-state index is -1.74. The van der Waals surface area contributed by atoms with Crippen molar-refractivity contribution in [3.63, 3.8) is 0 Å². The number of aliphatic imine (C=N–C) groups is 1. The van der Waals surface area contributed by atoms with Gasteiger partial charge in [0.25, 0.3) is 0 Å². The fourth-order valence-electron chi connectivity index (χ4n) is 5.50. The molecule has 27 nitrogen and oxygen atoms in total. The highest BCUT2D eigenvalue weighted by Gasteiger charge is 2.37. The maximum absolute atomic E-state index is 13.7. The number of nitrogens with one attached hydrogen (secondary N) is 8. The highest BCUT2D eigenvalue weighted by Crippen LogP contribution is 2.18. The molecule has 5 atom stereocenters. The number of hydrogen-bond donors (Lipinski definition) is 14. The van der Waals surface area contributed by atoms with Crippen molar-refractivity contribution in [3.8, 4) is 0 Å². The first-order chi connectivity index (χ1) is 27.9. The molecule has 1 saturated heterocycles. The second kappa shape index (κ2) is 24.7. The monoisotopic (exact) mass is 837 g/mol. The van der Waals surface area contributed by atoms with E-state index in [-0.39, 0.29) is 51.3 Å². The molecule has 0 bridgehead atoms. The van der Waals surface area contributed by atoms with Crippen LogP contribution in [0.2, 0.25) is 0 Å². The van der Waals surface area contributed by atoms with E-state index in [1.165, 1.54) is 17.4 Å². The Morgan fingerprint density at radius 1 is 0.831 bits per heavy atom. The Bertz CT molecular complexity index is 1700. The normalized spacial score (nSPS) is 15.2. The summed E-state index contributed by atoms with van der Waals surface area (Å²) in [5.74, 6) is -9.54. The summed E-state index contributed by atoms with van der Waals surface area (Å²) in [5, 5.41) is 35.1. The van der Waals surface area contributed by atoms with Gasteiger partial charge in [-0.1, -0.05) is 0 Å². The van der Waals surface area contributed by atoms with Gasteiger partial charge in [-0.3, -0.25) is 52.9 Å². The number of primary amides is 1. The molecular weight excluding hydrogens is 786 g/mol. The summed E-state index contributed by atoms with van der Waals surface area (Å²) in [6.07, 6.45) is 2.21. The van der Waals surface area contributed by atoms with Gasteiger partial charge in [-0.25, -0.2) is 4.98 Å². The number of aliphatic hydroxyl groups excluding tert-OH is 1. The number of nitrogens with zero attached hydrogens (tertiary/aromatic N) is 3. The van der Waals surface area contributed by atoms with Crippen molar-refractivity contribution in [1.29, 1.82) is 0 Å². The molecule has 0 spiro atoms. The smallest absolute Gasteiger partial charge is 0.322 e. The van der Waals surface area contributed by atoms with Gasteiger partial charge in [0.1, 0.15) is 36.8 Å². The van der Waals surface area contributed by atoms with Crippen LogP contribution in [0.3, 0.4) is 0 Å². The summed E-state index contributed by atoms with van der Waals surface area (Å²) in [5.41, 5.74) is 21.5. The van der Waals surface area contributed by atoms with Gasteiger partial charge < -0.3 is 80.2 Å². The Hall–Kier alpha value is -6.90. The van der Waals surface area contributed by atoms with Crippen molar-refractivity contribution in [1.82, 2.24) is 52.1 Å². The predicted octanol–water partition coefficient (Wildman–Crippen LogP) is -8.80. The van der Waals surface area contributed by atoms with Crippen LogP contribution in [-0.2, 0) is 54.4 Å². The summed E-state index contributed by atoms with van der Waals surface area (Å²) < 4.78 is 0. The number of amides is 9. The number of imidazole rings is 1. The second-order valence-corrected chi connectivity index (χ2v) is 12.9. The molecule has 0 unspecified atom stereocenters. The number of guanidine groups is 1. The zero-order valence-corrected chi connectivity index (χ0v) is 31.9. The van der Waals surface area contributed by atoms with Crippen molar-refractivity contribution in [2.24, 2.45) is 27.9 Å². The van der Waals surface area contributed by atoms with Gasteiger partial charge >= 0.3 is 5.97 Å². The SMILES string of the molecule is NCC(=O)NCC(=O)NCC(=O)N1CCC[C@H]1C(=O)N[C@@H](Cc1cnc[nH]1)C(=O)N[C@@H](CO)C(=O)N[C@@H](CCCN=C(N)N)C(=O)N[C@@H](CC(N)=O)C(=O)NCC(=O)O. The molecular formula is C32H51N15O12. The van der Waals surface area contributed by atoms with E-state index < -0.39 is 122 Å². The van der Waals surface area contributed by atoms with Crippen molar-refractivity contribution in [2.75, 3.05) is 45.9 Å². The van der Waals surface area contributed by atoms with Gasteiger partial charge in [0.05, 0.1) is 39.0 Å². The number of carboxylic acid groups (broad SMARTS) is 1. The minimum absolute atomic E-state index is 0.0194. The lowest BCUT2D eigenvalue weighted by Gasteiger charge is -2.27. The Labute approximate surface area is 336 Å². The second-order valence-electron chi connectivity index (χ2n) is 12.9. The topological polar surface area (TPSA) is 444 Å². The van der Waals surface area contributed by atoms with E-state index in [1.807, 2.05) is 5.32 Å². The standard InChI is InChI=1S/C32H51N15O12/c33-9-23(50)39-11-24(51)40-12-25(52)47-6-2-4-21(47)31(59)45-18(7-16-10-37-15-42-16)29(57)46-20(14-48)30(58)43-17(3-1-5-38-32(35)36)28(56)44-19(8-22(34)49)27(55)41-13-26(53)54/h10,15,17-21,48H,1-9,11-14,33H2,(H2,34,49)(H,37,42)(H,39,50)(H,40,51)(H,41,55)(H,43,58)(H,44,56)(H,45,59)(H,46,57)(H,53,54)(H4,35,36,38)/t17-,18-,19-,20-,21-/m0/s1. The molecule has 9 amide bonds. The molecule has 2 rings (SSSR count). The third kappa shape index (κ3) is 17.4. The molecule has 18 N–H and O–H groups in total. The summed E-state index contributed by atoms with van der Waals surface area (Å²) in [6.45, 7) is -2.99. The summed E-state index contributed by atoms with van der Waals surface area (Å²) in [7, 11) is 0. The van der Waals surface area contributed by atoms with E-state index in [4.69, 9.17) is 28.0 Å². The zero-order valence-electron chi connectivity index (χ0n) is 31.9. The zero-order chi connectivity index (χ0) is 44.1. The Balaban J connectivity index is 2.22. The molecule has 1 aliphatic rings. The quantitative estimate of drug-likeness (QED) is 0.0247. The number of aromatic amines is 1. The van der Waals surface area contributed by atoms with Gasteiger partial charge in [-0.05, 0) is 25.7 Å². The Kier molecular flexibility index (Phi) is 20.2. The number of likely N-dealkylation sites (tertiary alicyclic amines) is 1. The molecule has 27 heteroatoms. The average molecular weight is 838 g/mol. The van der Waals surface area contributed by atoms with Gasteiger partial charge in [-0.15, -0.1) is 0 Å². The summed E-state index contributed by atoms with van der Waals surface area (Å²) in [6, 6.07) is -7.39. The van der Waals surface area contributed by atoms with Crippen LogP contribution in [0.15, 0.2) is 17.5 Å². The molecule has 1 fully saturated rings. The lowest BCUT2D eigenvalue weighted by Crippen LogP contribution is -2.60. The molecule has 326 valence electrons. The van der Waals surface area contributed by atoms with Crippen molar-refractivity contribution in [3.05, 3.63) is 18.2 Å². The van der Waals surface area contributed by atoms with Crippen LogP contribution in [0, 0.1) is 0 Å². The number of carboxylic acids is 1.